The van der Waals surface area contributed by atoms with Crippen LogP contribution in [0.5, 0.6) is 0 Å². The van der Waals surface area contributed by atoms with Gasteiger partial charge in [0.2, 0.25) is 0 Å². The van der Waals surface area contributed by atoms with Crippen LogP contribution in [-0.2, 0) is 4.74 Å². The normalized spacial score (nSPS) is 27.4. The summed E-state index contributed by atoms with van der Waals surface area (Å²) in [5.74, 6) is 1.78. The first-order valence-corrected chi connectivity index (χ1v) is 5.87. The Kier molecular flexibility index (Phi) is 3.66. The monoisotopic (exact) mass is 218 g/mol. The van der Waals surface area contributed by atoms with Crippen molar-refractivity contribution in [2.24, 2.45) is 5.73 Å². The number of carbonyl (C=O) groups excluding carboxylic acids is 1. The number of nitrogens with two attached hydrogens (primary N) is 1. The van der Waals surface area contributed by atoms with E-state index in [9.17, 15) is 4.79 Å². The molecule has 0 spiro atoms. The van der Waals surface area contributed by atoms with Gasteiger partial charge in [0.25, 0.3) is 0 Å². The van der Waals surface area contributed by atoms with Gasteiger partial charge >= 0.3 is 6.09 Å². The SMILES string of the molecule is CC(C)(C)OC(=O)NC1CSCC1N. The highest BCUT2D eigenvalue weighted by Crippen LogP contribution is 2.17. The van der Waals surface area contributed by atoms with Crippen LogP contribution in [-0.4, -0.2) is 35.3 Å². The van der Waals surface area contributed by atoms with E-state index < -0.39 is 5.60 Å². The second kappa shape index (κ2) is 4.40. The van der Waals surface area contributed by atoms with E-state index in [4.69, 9.17) is 10.5 Å². The van der Waals surface area contributed by atoms with Gasteiger partial charge < -0.3 is 15.8 Å². The first-order chi connectivity index (χ1) is 6.38. The van der Waals surface area contributed by atoms with Gasteiger partial charge in [-0.05, 0) is 20.8 Å². The van der Waals surface area contributed by atoms with Gasteiger partial charge in [0, 0.05) is 17.5 Å². The van der Waals surface area contributed by atoms with Gasteiger partial charge in [0.15, 0.2) is 0 Å². The van der Waals surface area contributed by atoms with Crippen LogP contribution in [0.25, 0.3) is 0 Å². The number of alkyl carbamates (subject to hydrolysis) is 1. The Morgan fingerprint density at radius 3 is 2.57 bits per heavy atom. The molecule has 1 saturated heterocycles. The Hall–Kier alpha value is -0.420. The van der Waals surface area contributed by atoms with Crippen molar-refractivity contribution in [3.63, 3.8) is 0 Å². The quantitative estimate of drug-likeness (QED) is 0.688. The summed E-state index contributed by atoms with van der Waals surface area (Å²) in [7, 11) is 0. The third kappa shape index (κ3) is 3.75. The third-order valence-electron chi connectivity index (χ3n) is 1.83. The molecule has 1 fully saturated rings. The summed E-state index contributed by atoms with van der Waals surface area (Å²) >= 11 is 1.75. The number of hydrogen-bond donors (Lipinski definition) is 2. The minimum atomic E-state index is -0.445. The third-order valence-corrected chi connectivity index (χ3v) is 3.04. The van der Waals surface area contributed by atoms with Gasteiger partial charge in [0.05, 0.1) is 6.04 Å². The van der Waals surface area contributed by atoms with E-state index in [1.165, 1.54) is 0 Å². The van der Waals surface area contributed by atoms with Crippen molar-refractivity contribution >= 4 is 17.9 Å². The number of nitrogens with one attached hydrogen (secondary N) is 1. The largest absolute Gasteiger partial charge is 0.444 e. The zero-order chi connectivity index (χ0) is 10.8. The maximum absolute atomic E-state index is 11.4. The van der Waals surface area contributed by atoms with Crippen molar-refractivity contribution in [1.29, 1.82) is 0 Å². The Morgan fingerprint density at radius 1 is 1.50 bits per heavy atom. The lowest BCUT2D eigenvalue weighted by Crippen LogP contribution is -2.48. The van der Waals surface area contributed by atoms with Crippen LogP contribution < -0.4 is 11.1 Å². The van der Waals surface area contributed by atoms with Crippen molar-refractivity contribution in [2.45, 2.75) is 38.5 Å². The van der Waals surface area contributed by atoms with Gasteiger partial charge in [0.1, 0.15) is 5.60 Å². The van der Waals surface area contributed by atoms with Crippen molar-refractivity contribution in [2.75, 3.05) is 11.5 Å². The average molecular weight is 218 g/mol. The number of carbonyl (C=O) groups is 1. The van der Waals surface area contributed by atoms with Crippen molar-refractivity contribution in [3.05, 3.63) is 0 Å². The smallest absolute Gasteiger partial charge is 0.407 e. The van der Waals surface area contributed by atoms with Gasteiger partial charge in [-0.25, -0.2) is 4.79 Å². The van der Waals surface area contributed by atoms with Crippen molar-refractivity contribution in [3.8, 4) is 0 Å². The molecule has 0 saturated carbocycles. The summed E-state index contributed by atoms with van der Waals surface area (Å²) in [6.45, 7) is 5.53. The summed E-state index contributed by atoms with van der Waals surface area (Å²) in [6, 6.07) is 0.0994. The fourth-order valence-electron chi connectivity index (χ4n) is 1.18. The zero-order valence-electron chi connectivity index (χ0n) is 8.87. The van der Waals surface area contributed by atoms with Gasteiger partial charge in [-0.3, -0.25) is 0 Å². The Labute approximate surface area is 88.9 Å². The van der Waals surface area contributed by atoms with E-state index in [1.54, 1.807) is 11.8 Å². The number of amides is 1. The predicted molar refractivity (Wildman–Crippen MR) is 58.5 cm³/mol. The van der Waals surface area contributed by atoms with E-state index in [1.807, 2.05) is 20.8 Å². The average Bonchev–Trinajstić information content (AvgIpc) is 2.32. The maximum Gasteiger partial charge on any atom is 0.407 e. The minimum absolute atomic E-state index is 0.0486. The highest BCUT2D eigenvalue weighted by molar-refractivity contribution is 7.99. The molecule has 5 heteroatoms. The van der Waals surface area contributed by atoms with Crippen LogP contribution in [0, 0.1) is 0 Å². The fraction of sp³-hybridized carbons (Fsp3) is 0.889. The van der Waals surface area contributed by atoms with Crippen LogP contribution in [0.1, 0.15) is 20.8 Å². The molecular weight excluding hydrogens is 200 g/mol. The molecule has 0 aromatic rings. The predicted octanol–water partition coefficient (Wildman–Crippen LogP) is 0.954. The molecule has 82 valence electrons. The molecule has 0 radical (unpaired) electrons. The Morgan fingerprint density at radius 2 is 2.14 bits per heavy atom. The van der Waals surface area contributed by atoms with Crippen LogP contribution in [0.3, 0.4) is 0 Å². The van der Waals surface area contributed by atoms with E-state index in [0.717, 1.165) is 11.5 Å². The van der Waals surface area contributed by atoms with Gasteiger partial charge in [-0.2, -0.15) is 11.8 Å². The van der Waals surface area contributed by atoms with Crippen LogP contribution in [0.2, 0.25) is 0 Å². The fourth-order valence-corrected chi connectivity index (χ4v) is 2.40. The number of thioether (sulfide) groups is 1. The molecule has 0 bridgehead atoms. The van der Waals surface area contributed by atoms with Crippen LogP contribution >= 0.6 is 11.8 Å². The summed E-state index contributed by atoms with van der Waals surface area (Å²) in [5.41, 5.74) is 5.36. The highest BCUT2D eigenvalue weighted by Gasteiger charge is 2.27. The molecule has 1 heterocycles. The Bertz CT molecular complexity index is 215. The molecule has 4 nitrogen and oxygen atoms in total. The molecule has 2 atom stereocenters. The molecule has 0 aliphatic carbocycles. The summed E-state index contributed by atoms with van der Waals surface area (Å²) in [4.78, 5) is 11.4. The zero-order valence-corrected chi connectivity index (χ0v) is 9.69. The standard InChI is InChI=1S/C9H18N2O2S/c1-9(2,3)13-8(12)11-7-5-14-4-6(7)10/h6-7H,4-5,10H2,1-3H3,(H,11,12). The lowest BCUT2D eigenvalue weighted by molar-refractivity contribution is 0.0506. The van der Waals surface area contributed by atoms with E-state index in [-0.39, 0.29) is 18.2 Å². The first kappa shape index (κ1) is 11.7. The van der Waals surface area contributed by atoms with Gasteiger partial charge in [-0.15, -0.1) is 0 Å². The molecule has 1 aliphatic rings. The van der Waals surface area contributed by atoms with E-state index in [2.05, 4.69) is 5.32 Å². The Balaban J connectivity index is 2.33. The molecular formula is C9H18N2O2S. The highest BCUT2D eigenvalue weighted by atomic mass is 32.2. The molecule has 2 unspecified atom stereocenters. The topological polar surface area (TPSA) is 64.3 Å². The first-order valence-electron chi connectivity index (χ1n) is 4.71. The molecule has 3 N–H and O–H groups in total. The van der Waals surface area contributed by atoms with Crippen molar-refractivity contribution < 1.29 is 9.53 Å². The lowest BCUT2D eigenvalue weighted by Gasteiger charge is -2.22. The molecule has 0 aromatic heterocycles. The van der Waals surface area contributed by atoms with Crippen LogP contribution in [0.4, 0.5) is 4.79 Å². The number of hydrogen-bond acceptors (Lipinski definition) is 4. The van der Waals surface area contributed by atoms with Crippen LogP contribution in [0.15, 0.2) is 0 Å². The summed E-state index contributed by atoms with van der Waals surface area (Å²) in [6.07, 6.45) is -0.375. The van der Waals surface area contributed by atoms with E-state index in [0.29, 0.717) is 0 Å². The minimum Gasteiger partial charge on any atom is -0.444 e. The lowest BCUT2D eigenvalue weighted by atomic mass is 10.2. The second-order valence-corrected chi connectivity index (χ2v) is 5.53. The number of ether oxygens (including phenoxy) is 1. The molecule has 1 rings (SSSR count). The maximum atomic E-state index is 11.4. The van der Waals surface area contributed by atoms with Gasteiger partial charge in [-0.1, -0.05) is 0 Å². The number of rotatable bonds is 1. The second-order valence-electron chi connectivity index (χ2n) is 4.45. The summed E-state index contributed by atoms with van der Waals surface area (Å²) < 4.78 is 5.13. The molecule has 14 heavy (non-hydrogen) atoms. The molecule has 1 amide bonds. The molecule has 0 aromatic carbocycles. The molecule has 1 aliphatic heterocycles. The van der Waals surface area contributed by atoms with E-state index >= 15 is 0 Å². The summed E-state index contributed by atoms with van der Waals surface area (Å²) in [5, 5.41) is 2.78. The van der Waals surface area contributed by atoms with Crippen molar-refractivity contribution in [1.82, 2.24) is 5.32 Å².